The fourth-order valence-electron chi connectivity index (χ4n) is 4.03. The molecule has 0 saturated heterocycles. The summed E-state index contributed by atoms with van der Waals surface area (Å²) in [6, 6.07) is 10.2. The van der Waals surface area contributed by atoms with E-state index in [1.807, 2.05) is 19.1 Å². The number of nitrogens with zero attached hydrogens (tertiary/aromatic N) is 4. The molecule has 1 fully saturated rings. The van der Waals surface area contributed by atoms with E-state index in [4.69, 9.17) is 4.42 Å². The Balaban J connectivity index is 1.48. The molecule has 0 aliphatic heterocycles. The molecule has 2 aromatic heterocycles. The number of hydrogen-bond donors (Lipinski definition) is 0. The van der Waals surface area contributed by atoms with Crippen LogP contribution in [0, 0.1) is 5.82 Å². The fourth-order valence-corrected chi connectivity index (χ4v) is 4.96. The SMILES string of the molecule is CC(c1ccc(F)cc1)N(C)C(=O)CSc1nnc(-c2ccco2)n1C1CCCCC1. The van der Waals surface area contributed by atoms with Gasteiger partial charge in [-0.2, -0.15) is 0 Å². The van der Waals surface area contributed by atoms with Gasteiger partial charge < -0.3 is 9.32 Å². The molecule has 6 nitrogen and oxygen atoms in total. The number of aromatic nitrogens is 3. The number of benzene rings is 1. The first-order chi connectivity index (χ1) is 15.0. The van der Waals surface area contributed by atoms with Crippen LogP contribution in [-0.2, 0) is 4.79 Å². The molecule has 0 radical (unpaired) electrons. The number of hydrogen-bond acceptors (Lipinski definition) is 5. The van der Waals surface area contributed by atoms with Gasteiger partial charge in [0.25, 0.3) is 0 Å². The quantitative estimate of drug-likeness (QED) is 0.453. The van der Waals surface area contributed by atoms with E-state index in [1.165, 1.54) is 43.2 Å². The third-order valence-corrected chi connectivity index (χ3v) is 6.93. The largest absolute Gasteiger partial charge is 0.461 e. The summed E-state index contributed by atoms with van der Waals surface area (Å²) in [6.07, 6.45) is 7.41. The smallest absolute Gasteiger partial charge is 0.233 e. The second-order valence-electron chi connectivity index (χ2n) is 7.97. The summed E-state index contributed by atoms with van der Waals surface area (Å²) >= 11 is 1.41. The molecular formula is C23H27FN4O2S. The van der Waals surface area contributed by atoms with E-state index in [-0.39, 0.29) is 23.5 Å². The molecule has 1 saturated carbocycles. The van der Waals surface area contributed by atoms with Crippen LogP contribution >= 0.6 is 11.8 Å². The highest BCUT2D eigenvalue weighted by Gasteiger charge is 2.26. The zero-order valence-electron chi connectivity index (χ0n) is 17.8. The van der Waals surface area contributed by atoms with E-state index < -0.39 is 0 Å². The molecule has 1 aromatic carbocycles. The summed E-state index contributed by atoms with van der Waals surface area (Å²) in [5, 5.41) is 9.53. The number of furan rings is 1. The van der Waals surface area contributed by atoms with Crippen molar-refractivity contribution in [1.29, 1.82) is 0 Å². The zero-order valence-corrected chi connectivity index (χ0v) is 18.6. The molecular weight excluding hydrogens is 415 g/mol. The third-order valence-electron chi connectivity index (χ3n) is 6.00. The van der Waals surface area contributed by atoms with Crippen LogP contribution in [0.1, 0.15) is 56.7 Å². The molecule has 164 valence electrons. The van der Waals surface area contributed by atoms with E-state index in [1.54, 1.807) is 30.3 Å². The van der Waals surface area contributed by atoms with Crippen molar-refractivity contribution in [2.75, 3.05) is 12.8 Å². The number of thioether (sulfide) groups is 1. The highest BCUT2D eigenvalue weighted by molar-refractivity contribution is 7.99. The van der Waals surface area contributed by atoms with E-state index in [0.717, 1.165) is 29.4 Å². The minimum absolute atomic E-state index is 0.0143. The van der Waals surface area contributed by atoms with Crippen LogP contribution in [-0.4, -0.2) is 38.4 Å². The minimum Gasteiger partial charge on any atom is -0.461 e. The van der Waals surface area contributed by atoms with Crippen LogP contribution in [0.15, 0.2) is 52.2 Å². The fraction of sp³-hybridized carbons (Fsp3) is 0.435. The lowest BCUT2D eigenvalue weighted by Crippen LogP contribution is -2.31. The van der Waals surface area contributed by atoms with Crippen molar-refractivity contribution in [2.24, 2.45) is 0 Å². The summed E-state index contributed by atoms with van der Waals surface area (Å²) in [4.78, 5) is 14.6. The number of halogens is 1. The molecule has 1 aliphatic rings. The maximum atomic E-state index is 13.2. The summed E-state index contributed by atoms with van der Waals surface area (Å²) < 4.78 is 20.9. The van der Waals surface area contributed by atoms with Crippen LogP contribution in [0.4, 0.5) is 4.39 Å². The second kappa shape index (κ2) is 9.68. The first-order valence-corrected chi connectivity index (χ1v) is 11.7. The Morgan fingerprint density at radius 2 is 1.97 bits per heavy atom. The van der Waals surface area contributed by atoms with Crippen molar-refractivity contribution in [1.82, 2.24) is 19.7 Å². The van der Waals surface area contributed by atoms with E-state index in [9.17, 15) is 9.18 Å². The van der Waals surface area contributed by atoms with Gasteiger partial charge in [-0.1, -0.05) is 43.2 Å². The number of amides is 1. The predicted octanol–water partition coefficient (Wildman–Crippen LogP) is 5.49. The van der Waals surface area contributed by atoms with Gasteiger partial charge in [0.1, 0.15) is 5.82 Å². The van der Waals surface area contributed by atoms with Gasteiger partial charge in [-0.05, 0) is 49.6 Å². The van der Waals surface area contributed by atoms with Crippen LogP contribution in [0.25, 0.3) is 11.6 Å². The topological polar surface area (TPSA) is 64.2 Å². The Morgan fingerprint density at radius 3 is 2.65 bits per heavy atom. The summed E-state index contributed by atoms with van der Waals surface area (Å²) in [6.45, 7) is 1.94. The van der Waals surface area contributed by atoms with Crippen molar-refractivity contribution >= 4 is 17.7 Å². The van der Waals surface area contributed by atoms with Crippen molar-refractivity contribution < 1.29 is 13.6 Å². The van der Waals surface area contributed by atoms with Crippen molar-refractivity contribution in [3.8, 4) is 11.6 Å². The lowest BCUT2D eigenvalue weighted by Gasteiger charge is -2.26. The summed E-state index contributed by atoms with van der Waals surface area (Å²) in [5.74, 6) is 1.37. The lowest BCUT2D eigenvalue weighted by molar-refractivity contribution is -0.128. The van der Waals surface area contributed by atoms with Gasteiger partial charge in [-0.25, -0.2) is 4.39 Å². The first-order valence-electron chi connectivity index (χ1n) is 10.7. The first kappa shape index (κ1) is 21.6. The predicted molar refractivity (Wildman–Crippen MR) is 118 cm³/mol. The number of carbonyl (C=O) groups is 1. The van der Waals surface area contributed by atoms with Crippen LogP contribution in [0.5, 0.6) is 0 Å². The number of rotatable bonds is 7. The average Bonchev–Trinajstić information content (AvgIpc) is 3.47. The molecule has 1 unspecified atom stereocenters. The highest BCUT2D eigenvalue weighted by Crippen LogP contribution is 2.35. The molecule has 1 atom stereocenters. The van der Waals surface area contributed by atoms with Gasteiger partial charge in [0.15, 0.2) is 10.9 Å². The van der Waals surface area contributed by atoms with Crippen molar-refractivity contribution in [3.63, 3.8) is 0 Å². The Hall–Kier alpha value is -2.61. The zero-order chi connectivity index (χ0) is 21.8. The van der Waals surface area contributed by atoms with Crippen molar-refractivity contribution in [3.05, 3.63) is 54.0 Å². The molecule has 3 aromatic rings. The third kappa shape index (κ3) is 4.84. The molecule has 4 rings (SSSR count). The second-order valence-corrected chi connectivity index (χ2v) is 8.91. The van der Waals surface area contributed by atoms with E-state index in [2.05, 4.69) is 14.8 Å². The minimum atomic E-state index is -0.283. The molecule has 0 spiro atoms. The monoisotopic (exact) mass is 442 g/mol. The molecule has 31 heavy (non-hydrogen) atoms. The van der Waals surface area contributed by atoms with Crippen LogP contribution < -0.4 is 0 Å². The normalized spacial score (nSPS) is 15.7. The Kier molecular flexibility index (Phi) is 6.75. The molecule has 8 heteroatoms. The lowest BCUT2D eigenvalue weighted by atomic mass is 9.95. The van der Waals surface area contributed by atoms with Gasteiger partial charge >= 0.3 is 0 Å². The molecule has 2 heterocycles. The Labute approximate surface area is 185 Å². The maximum Gasteiger partial charge on any atom is 0.233 e. The summed E-state index contributed by atoms with van der Waals surface area (Å²) in [5.41, 5.74) is 0.896. The molecule has 1 amide bonds. The molecule has 0 bridgehead atoms. The van der Waals surface area contributed by atoms with Crippen LogP contribution in [0.3, 0.4) is 0 Å². The standard InChI is InChI=1S/C23H27FN4O2S/c1-16(17-10-12-18(24)13-11-17)27(2)21(29)15-31-23-26-25-22(20-9-6-14-30-20)28(23)19-7-4-3-5-8-19/h6,9-14,16,19H,3-5,7-8,15H2,1-2H3. The highest BCUT2D eigenvalue weighted by atomic mass is 32.2. The van der Waals surface area contributed by atoms with E-state index >= 15 is 0 Å². The van der Waals surface area contributed by atoms with Crippen molar-refractivity contribution in [2.45, 2.75) is 56.3 Å². The Bertz CT molecular complexity index is 997. The average molecular weight is 443 g/mol. The summed E-state index contributed by atoms with van der Waals surface area (Å²) in [7, 11) is 1.77. The molecule has 1 aliphatic carbocycles. The molecule has 0 N–H and O–H groups in total. The van der Waals surface area contributed by atoms with Gasteiger partial charge in [-0.3, -0.25) is 9.36 Å². The maximum absolute atomic E-state index is 13.2. The van der Waals surface area contributed by atoms with Gasteiger partial charge in [0, 0.05) is 13.1 Å². The number of carbonyl (C=O) groups excluding carboxylic acids is 1. The Morgan fingerprint density at radius 1 is 1.23 bits per heavy atom. The van der Waals surface area contributed by atoms with Gasteiger partial charge in [0.2, 0.25) is 11.7 Å². The van der Waals surface area contributed by atoms with E-state index in [0.29, 0.717) is 11.8 Å². The van der Waals surface area contributed by atoms with Gasteiger partial charge in [-0.15, -0.1) is 10.2 Å². The van der Waals surface area contributed by atoms with Gasteiger partial charge in [0.05, 0.1) is 18.1 Å². The van der Waals surface area contributed by atoms with Crippen LogP contribution in [0.2, 0.25) is 0 Å².